The molecule has 160 valence electrons. The quantitative estimate of drug-likeness (QED) is 0.563. The minimum absolute atomic E-state index is 0.00970. The Kier molecular flexibility index (Phi) is 5.22. The number of ketones is 1. The zero-order chi connectivity index (χ0) is 22.2. The second-order valence-corrected chi connectivity index (χ2v) is 9.26. The maximum atomic E-state index is 13.1. The van der Waals surface area contributed by atoms with Crippen LogP contribution in [0.1, 0.15) is 50.4 Å². The second kappa shape index (κ2) is 7.73. The first kappa shape index (κ1) is 20.9. The van der Waals surface area contributed by atoms with Crippen LogP contribution in [0.25, 0.3) is 16.0 Å². The minimum Gasteiger partial charge on any atom is -0.484 e. The molecule has 1 spiro atoms. The van der Waals surface area contributed by atoms with Gasteiger partial charge in [-0.1, -0.05) is 24.3 Å². The topological polar surface area (TPSA) is 60.2 Å². The molecule has 2 aromatic rings. The highest BCUT2D eigenvalue weighted by Gasteiger charge is 2.45. The SMILES string of the molecule is [C-]#[N+]c1cccc(-c2ccc3c(c2)C(=O)CC2(CCCN(C(=O)OC(C)(C)C)C2)O3)c1. The summed E-state index contributed by atoms with van der Waals surface area (Å²) in [6, 6.07) is 12.9. The third-order valence-corrected chi connectivity index (χ3v) is 5.59. The van der Waals surface area contributed by atoms with Crippen LogP contribution in [-0.2, 0) is 4.74 Å². The fraction of sp³-hybridized carbons (Fsp3) is 0.400. The number of hydrogen-bond acceptors (Lipinski definition) is 4. The molecule has 4 rings (SSSR count). The van der Waals surface area contributed by atoms with E-state index in [0.29, 0.717) is 36.5 Å². The summed E-state index contributed by atoms with van der Waals surface area (Å²) in [5, 5.41) is 0. The van der Waals surface area contributed by atoms with Crippen molar-refractivity contribution in [3.8, 4) is 16.9 Å². The number of ether oxygens (including phenoxy) is 2. The van der Waals surface area contributed by atoms with E-state index in [1.54, 1.807) is 11.0 Å². The number of fused-ring (bicyclic) bond motifs is 1. The third kappa shape index (κ3) is 4.41. The third-order valence-electron chi connectivity index (χ3n) is 5.59. The van der Waals surface area contributed by atoms with Crippen molar-refractivity contribution < 1.29 is 19.1 Å². The Hall–Kier alpha value is -3.33. The summed E-state index contributed by atoms with van der Waals surface area (Å²) in [6.07, 6.45) is 1.32. The number of Topliss-reactive ketones (excluding diaryl/α,β-unsaturated/α-hetero) is 1. The van der Waals surface area contributed by atoms with Gasteiger partial charge in [-0.25, -0.2) is 9.64 Å². The number of carbonyl (C=O) groups excluding carboxylic acids is 2. The predicted octanol–water partition coefficient (Wildman–Crippen LogP) is 5.64. The average molecular weight is 418 g/mol. The number of benzene rings is 2. The van der Waals surface area contributed by atoms with Crippen molar-refractivity contribution in [1.29, 1.82) is 0 Å². The first-order valence-electron chi connectivity index (χ1n) is 10.5. The molecule has 0 aliphatic carbocycles. The lowest BCUT2D eigenvalue weighted by Gasteiger charge is -2.44. The summed E-state index contributed by atoms with van der Waals surface area (Å²) >= 11 is 0. The monoisotopic (exact) mass is 418 g/mol. The molecule has 0 bridgehead atoms. The number of amides is 1. The standard InChI is InChI=1S/C25H26N2O4/c1-24(2,3)31-23(29)27-12-6-11-25(16-27)15-21(28)20-14-18(9-10-22(20)30-25)17-7-5-8-19(13-17)26-4/h5,7-10,13-14H,6,11-12,15-16H2,1-3H3. The highest BCUT2D eigenvalue weighted by molar-refractivity contribution is 6.01. The molecule has 2 aromatic carbocycles. The van der Waals surface area contributed by atoms with Crippen LogP contribution in [0.2, 0.25) is 0 Å². The number of likely N-dealkylation sites (tertiary alicyclic amines) is 1. The van der Waals surface area contributed by atoms with Gasteiger partial charge in [-0.3, -0.25) is 4.79 Å². The minimum atomic E-state index is -0.717. The lowest BCUT2D eigenvalue weighted by atomic mass is 9.83. The Balaban J connectivity index is 1.58. The van der Waals surface area contributed by atoms with Gasteiger partial charge >= 0.3 is 6.09 Å². The van der Waals surface area contributed by atoms with Gasteiger partial charge in [0.15, 0.2) is 11.5 Å². The molecule has 1 saturated heterocycles. The molecule has 0 N–H and O–H groups in total. The summed E-state index contributed by atoms with van der Waals surface area (Å²) in [5.41, 5.74) is 1.57. The van der Waals surface area contributed by atoms with Crippen LogP contribution in [0.3, 0.4) is 0 Å². The van der Waals surface area contributed by atoms with Gasteiger partial charge in [0, 0.05) is 6.54 Å². The van der Waals surface area contributed by atoms with E-state index in [-0.39, 0.29) is 18.3 Å². The lowest BCUT2D eigenvalue weighted by molar-refractivity contribution is -0.0333. The maximum Gasteiger partial charge on any atom is 0.410 e. The van der Waals surface area contributed by atoms with E-state index in [4.69, 9.17) is 16.0 Å². The molecule has 1 fully saturated rings. The molecule has 6 heteroatoms. The predicted molar refractivity (Wildman–Crippen MR) is 117 cm³/mol. The summed E-state index contributed by atoms with van der Waals surface area (Å²) in [7, 11) is 0. The molecule has 1 unspecified atom stereocenters. The van der Waals surface area contributed by atoms with E-state index >= 15 is 0 Å². The van der Waals surface area contributed by atoms with Gasteiger partial charge in [0.25, 0.3) is 0 Å². The molecule has 6 nitrogen and oxygen atoms in total. The van der Waals surface area contributed by atoms with Crippen LogP contribution < -0.4 is 4.74 Å². The number of hydrogen-bond donors (Lipinski definition) is 0. The van der Waals surface area contributed by atoms with Crippen LogP contribution in [-0.4, -0.2) is 41.1 Å². The summed E-state index contributed by atoms with van der Waals surface area (Å²) in [6.45, 7) is 13.7. The van der Waals surface area contributed by atoms with E-state index < -0.39 is 11.2 Å². The maximum absolute atomic E-state index is 13.1. The van der Waals surface area contributed by atoms with E-state index in [9.17, 15) is 9.59 Å². The van der Waals surface area contributed by atoms with Gasteiger partial charge in [0.2, 0.25) is 0 Å². The van der Waals surface area contributed by atoms with Crippen LogP contribution in [0.4, 0.5) is 10.5 Å². The van der Waals surface area contributed by atoms with Gasteiger partial charge in [0.05, 0.1) is 25.1 Å². The number of piperidine rings is 1. The largest absolute Gasteiger partial charge is 0.484 e. The van der Waals surface area contributed by atoms with E-state index in [2.05, 4.69) is 4.85 Å². The summed E-state index contributed by atoms with van der Waals surface area (Å²) in [4.78, 5) is 30.8. The van der Waals surface area contributed by atoms with Crippen molar-refractivity contribution in [3.05, 3.63) is 59.4 Å². The van der Waals surface area contributed by atoms with Gasteiger partial charge in [0.1, 0.15) is 17.0 Å². The Bertz CT molecular complexity index is 1080. The van der Waals surface area contributed by atoms with Crippen LogP contribution in [0, 0.1) is 6.57 Å². The number of carbonyl (C=O) groups is 2. The van der Waals surface area contributed by atoms with E-state index in [1.165, 1.54) is 0 Å². The van der Waals surface area contributed by atoms with E-state index in [0.717, 1.165) is 17.5 Å². The zero-order valence-electron chi connectivity index (χ0n) is 18.1. The molecular formula is C25H26N2O4. The number of nitrogens with zero attached hydrogens (tertiary/aromatic N) is 2. The summed E-state index contributed by atoms with van der Waals surface area (Å²) in [5.74, 6) is 0.558. The lowest BCUT2D eigenvalue weighted by Crippen LogP contribution is -2.56. The van der Waals surface area contributed by atoms with Crippen molar-refractivity contribution >= 4 is 17.6 Å². The van der Waals surface area contributed by atoms with E-state index in [1.807, 2.05) is 57.2 Å². The zero-order valence-corrected chi connectivity index (χ0v) is 18.1. The molecular weight excluding hydrogens is 392 g/mol. The Morgan fingerprint density at radius 3 is 2.71 bits per heavy atom. The molecule has 1 atom stereocenters. The van der Waals surface area contributed by atoms with Gasteiger partial charge in [-0.2, -0.15) is 0 Å². The average Bonchev–Trinajstić information content (AvgIpc) is 2.72. The number of rotatable bonds is 1. The first-order valence-corrected chi connectivity index (χ1v) is 10.5. The van der Waals surface area contributed by atoms with Crippen molar-refractivity contribution in [2.75, 3.05) is 13.1 Å². The molecule has 2 heterocycles. The molecule has 0 radical (unpaired) electrons. The Labute approximate surface area is 182 Å². The van der Waals surface area contributed by atoms with Gasteiger partial charge in [-0.05, 0) is 62.9 Å². The molecule has 31 heavy (non-hydrogen) atoms. The fourth-order valence-corrected chi connectivity index (χ4v) is 4.24. The van der Waals surface area contributed by atoms with Crippen LogP contribution >= 0.6 is 0 Å². The summed E-state index contributed by atoms with van der Waals surface area (Å²) < 4.78 is 11.9. The molecule has 0 saturated carbocycles. The molecule has 1 amide bonds. The fourth-order valence-electron chi connectivity index (χ4n) is 4.24. The normalized spacial score (nSPS) is 20.6. The first-order chi connectivity index (χ1) is 14.7. The smallest absolute Gasteiger partial charge is 0.410 e. The molecule has 2 aliphatic rings. The Morgan fingerprint density at radius 2 is 1.97 bits per heavy atom. The molecule has 0 aromatic heterocycles. The van der Waals surface area contributed by atoms with Crippen molar-refractivity contribution in [3.63, 3.8) is 0 Å². The van der Waals surface area contributed by atoms with Crippen molar-refractivity contribution in [1.82, 2.24) is 4.90 Å². The van der Waals surface area contributed by atoms with Crippen LogP contribution in [0.15, 0.2) is 42.5 Å². The van der Waals surface area contributed by atoms with Gasteiger partial charge in [-0.15, -0.1) is 0 Å². The Morgan fingerprint density at radius 1 is 1.19 bits per heavy atom. The second-order valence-electron chi connectivity index (χ2n) is 9.26. The van der Waals surface area contributed by atoms with Gasteiger partial charge < -0.3 is 14.4 Å². The van der Waals surface area contributed by atoms with Crippen molar-refractivity contribution in [2.45, 2.75) is 51.2 Å². The van der Waals surface area contributed by atoms with Crippen LogP contribution in [0.5, 0.6) is 5.75 Å². The molecule has 2 aliphatic heterocycles. The van der Waals surface area contributed by atoms with Crippen molar-refractivity contribution in [2.24, 2.45) is 0 Å². The highest BCUT2D eigenvalue weighted by Crippen LogP contribution is 2.40. The highest BCUT2D eigenvalue weighted by atomic mass is 16.6.